The highest BCUT2D eigenvalue weighted by molar-refractivity contribution is 6.34. The standard InChI is InChI=1S/C19H25ClN4O2/c1-12-8-13(23-18(25)26-19(2,3)4)11-24(10-12)15-9-22-17(20)16-14(15)6-5-7-21-16/h5-7,9,12-13H,8,10-11H2,1-4H3,(H,23,25)/t12-,13+/m0/s1. The molecule has 0 spiro atoms. The first-order valence-corrected chi connectivity index (χ1v) is 9.24. The van der Waals surface area contributed by atoms with Crippen molar-refractivity contribution < 1.29 is 9.53 Å². The van der Waals surface area contributed by atoms with Crippen LogP contribution in [0, 0.1) is 5.92 Å². The SMILES string of the molecule is C[C@H]1C[C@@H](NC(=O)OC(C)(C)C)CN(c2cnc(Cl)c3ncccc23)C1. The minimum Gasteiger partial charge on any atom is -0.444 e. The number of carbonyl (C=O) groups excluding carboxylic acids is 1. The summed E-state index contributed by atoms with van der Waals surface area (Å²) in [5.74, 6) is 0.422. The average molecular weight is 377 g/mol. The third kappa shape index (κ3) is 4.36. The van der Waals surface area contributed by atoms with Crippen molar-refractivity contribution in [1.82, 2.24) is 15.3 Å². The molecule has 1 N–H and O–H groups in total. The molecule has 26 heavy (non-hydrogen) atoms. The fraction of sp³-hybridized carbons (Fsp3) is 0.526. The van der Waals surface area contributed by atoms with Gasteiger partial charge in [0.15, 0.2) is 5.15 Å². The molecule has 0 aliphatic carbocycles. The Morgan fingerprint density at radius 3 is 2.85 bits per heavy atom. The van der Waals surface area contributed by atoms with Gasteiger partial charge in [0, 0.05) is 30.7 Å². The number of aromatic nitrogens is 2. The van der Waals surface area contributed by atoms with Crippen LogP contribution >= 0.6 is 11.6 Å². The van der Waals surface area contributed by atoms with Crippen molar-refractivity contribution in [1.29, 1.82) is 0 Å². The second kappa shape index (κ2) is 7.27. The van der Waals surface area contributed by atoms with Gasteiger partial charge in [-0.15, -0.1) is 0 Å². The third-order valence-electron chi connectivity index (χ3n) is 4.30. The van der Waals surface area contributed by atoms with Crippen LogP contribution in [0.2, 0.25) is 5.15 Å². The van der Waals surface area contributed by atoms with Gasteiger partial charge >= 0.3 is 6.09 Å². The van der Waals surface area contributed by atoms with Gasteiger partial charge in [0.1, 0.15) is 11.1 Å². The van der Waals surface area contributed by atoms with Gasteiger partial charge in [-0.25, -0.2) is 9.78 Å². The number of alkyl carbamates (subject to hydrolysis) is 1. The summed E-state index contributed by atoms with van der Waals surface area (Å²) in [5, 5.41) is 4.37. The Bertz CT molecular complexity index is 806. The maximum atomic E-state index is 12.1. The van der Waals surface area contributed by atoms with Crippen LogP contribution in [0.1, 0.15) is 34.1 Å². The zero-order valence-electron chi connectivity index (χ0n) is 15.6. The number of fused-ring (bicyclic) bond motifs is 1. The van der Waals surface area contributed by atoms with Crippen LogP contribution in [0.5, 0.6) is 0 Å². The van der Waals surface area contributed by atoms with E-state index in [9.17, 15) is 4.79 Å². The molecule has 2 aromatic heterocycles. The molecule has 1 aliphatic heterocycles. The topological polar surface area (TPSA) is 67.3 Å². The first-order chi connectivity index (χ1) is 12.2. The molecular weight excluding hydrogens is 352 g/mol. The number of halogens is 1. The van der Waals surface area contributed by atoms with Crippen LogP contribution < -0.4 is 10.2 Å². The van der Waals surface area contributed by atoms with E-state index in [4.69, 9.17) is 16.3 Å². The number of carbonyl (C=O) groups is 1. The molecule has 1 fully saturated rings. The molecule has 7 heteroatoms. The minimum atomic E-state index is -0.508. The lowest BCUT2D eigenvalue weighted by atomic mass is 9.95. The van der Waals surface area contributed by atoms with Crippen molar-refractivity contribution in [3.63, 3.8) is 0 Å². The van der Waals surface area contributed by atoms with E-state index in [1.807, 2.05) is 32.9 Å². The molecular formula is C19H25ClN4O2. The lowest BCUT2D eigenvalue weighted by Gasteiger charge is -2.38. The molecule has 0 saturated carbocycles. The maximum Gasteiger partial charge on any atom is 0.407 e. The summed E-state index contributed by atoms with van der Waals surface area (Å²) in [6.45, 7) is 9.35. The van der Waals surface area contributed by atoms with Crippen molar-refractivity contribution in [3.8, 4) is 0 Å². The summed E-state index contributed by atoms with van der Waals surface area (Å²) >= 11 is 6.19. The molecule has 0 bridgehead atoms. The van der Waals surface area contributed by atoms with Crippen molar-refractivity contribution in [2.75, 3.05) is 18.0 Å². The van der Waals surface area contributed by atoms with Gasteiger partial charge in [0.25, 0.3) is 0 Å². The van der Waals surface area contributed by atoms with Crippen LogP contribution in [-0.2, 0) is 4.74 Å². The van der Waals surface area contributed by atoms with Gasteiger partial charge in [-0.3, -0.25) is 4.98 Å². The quantitative estimate of drug-likeness (QED) is 0.801. The molecule has 3 rings (SSSR count). The number of hydrogen-bond donors (Lipinski definition) is 1. The van der Waals surface area contributed by atoms with Crippen molar-refractivity contribution in [3.05, 3.63) is 29.7 Å². The summed E-state index contributed by atoms with van der Waals surface area (Å²) in [6.07, 6.45) is 4.03. The number of pyridine rings is 2. The summed E-state index contributed by atoms with van der Waals surface area (Å²) < 4.78 is 5.39. The monoisotopic (exact) mass is 376 g/mol. The van der Waals surface area contributed by atoms with Crippen LogP contribution in [0.25, 0.3) is 10.9 Å². The van der Waals surface area contributed by atoms with E-state index in [0.29, 0.717) is 23.1 Å². The second-order valence-corrected chi connectivity index (χ2v) is 8.28. The smallest absolute Gasteiger partial charge is 0.407 e. The average Bonchev–Trinajstić information content (AvgIpc) is 2.53. The van der Waals surface area contributed by atoms with E-state index in [1.54, 1.807) is 12.4 Å². The number of hydrogen-bond acceptors (Lipinski definition) is 5. The van der Waals surface area contributed by atoms with E-state index in [0.717, 1.165) is 24.0 Å². The fourth-order valence-corrected chi connectivity index (χ4v) is 3.60. The van der Waals surface area contributed by atoms with E-state index >= 15 is 0 Å². The van der Waals surface area contributed by atoms with Gasteiger partial charge in [0.05, 0.1) is 11.9 Å². The number of piperidine rings is 1. The third-order valence-corrected chi connectivity index (χ3v) is 4.58. The fourth-order valence-electron chi connectivity index (χ4n) is 3.40. The Labute approximate surface area is 158 Å². The molecule has 1 saturated heterocycles. The van der Waals surface area contributed by atoms with Crippen molar-refractivity contribution in [2.24, 2.45) is 5.92 Å². The zero-order valence-corrected chi connectivity index (χ0v) is 16.4. The largest absolute Gasteiger partial charge is 0.444 e. The predicted octanol–water partition coefficient (Wildman–Crippen LogP) is 4.02. The molecule has 1 aliphatic rings. The summed E-state index contributed by atoms with van der Waals surface area (Å²) in [7, 11) is 0. The van der Waals surface area contributed by atoms with E-state index < -0.39 is 5.60 Å². The number of ether oxygens (including phenoxy) is 1. The van der Waals surface area contributed by atoms with E-state index in [2.05, 4.69) is 27.1 Å². The van der Waals surface area contributed by atoms with Gasteiger partial charge in [-0.1, -0.05) is 18.5 Å². The first-order valence-electron chi connectivity index (χ1n) is 8.86. The molecule has 0 unspecified atom stereocenters. The summed E-state index contributed by atoms with van der Waals surface area (Å²) in [5.41, 5.74) is 1.17. The minimum absolute atomic E-state index is 0.0102. The molecule has 6 nitrogen and oxygen atoms in total. The highest BCUT2D eigenvalue weighted by Crippen LogP contribution is 2.31. The molecule has 2 aromatic rings. The summed E-state index contributed by atoms with van der Waals surface area (Å²) in [6, 6.07) is 3.91. The number of rotatable bonds is 2. The Kier molecular flexibility index (Phi) is 5.23. The van der Waals surface area contributed by atoms with Crippen LogP contribution in [0.15, 0.2) is 24.5 Å². The normalized spacial score (nSPS) is 20.9. The van der Waals surface area contributed by atoms with Crippen LogP contribution in [0.4, 0.5) is 10.5 Å². The number of nitrogens with zero attached hydrogens (tertiary/aromatic N) is 3. The molecule has 1 amide bonds. The van der Waals surface area contributed by atoms with Crippen LogP contribution in [0.3, 0.4) is 0 Å². The van der Waals surface area contributed by atoms with E-state index in [-0.39, 0.29) is 12.1 Å². The van der Waals surface area contributed by atoms with Gasteiger partial charge in [0.2, 0.25) is 0 Å². The lowest BCUT2D eigenvalue weighted by Crippen LogP contribution is -2.51. The van der Waals surface area contributed by atoms with Gasteiger partial charge in [-0.2, -0.15) is 0 Å². The highest BCUT2D eigenvalue weighted by Gasteiger charge is 2.29. The number of nitrogens with one attached hydrogen (secondary N) is 1. The second-order valence-electron chi connectivity index (χ2n) is 7.92. The Hall–Kier alpha value is -2.08. The molecule has 3 heterocycles. The van der Waals surface area contributed by atoms with Gasteiger partial charge in [-0.05, 0) is 45.2 Å². The summed E-state index contributed by atoms with van der Waals surface area (Å²) in [4.78, 5) is 23.0. The number of anilines is 1. The maximum absolute atomic E-state index is 12.1. The molecule has 0 aromatic carbocycles. The molecule has 2 atom stereocenters. The zero-order chi connectivity index (χ0) is 18.9. The molecule has 140 valence electrons. The number of amides is 1. The molecule has 0 radical (unpaired) electrons. The van der Waals surface area contributed by atoms with E-state index in [1.165, 1.54) is 0 Å². The van der Waals surface area contributed by atoms with Crippen LogP contribution in [-0.4, -0.2) is 40.8 Å². The first kappa shape index (κ1) is 18.7. The Morgan fingerprint density at radius 1 is 1.35 bits per heavy atom. The highest BCUT2D eigenvalue weighted by atomic mass is 35.5. The Morgan fingerprint density at radius 2 is 2.12 bits per heavy atom. The lowest BCUT2D eigenvalue weighted by molar-refractivity contribution is 0.0495. The van der Waals surface area contributed by atoms with Crippen molar-refractivity contribution in [2.45, 2.75) is 45.8 Å². The Balaban J connectivity index is 1.81. The van der Waals surface area contributed by atoms with Crippen molar-refractivity contribution >= 4 is 34.3 Å². The predicted molar refractivity (Wildman–Crippen MR) is 104 cm³/mol. The van der Waals surface area contributed by atoms with Gasteiger partial charge < -0.3 is 15.0 Å².